The highest BCUT2D eigenvalue weighted by molar-refractivity contribution is 7.91. The van der Waals surface area contributed by atoms with Crippen molar-refractivity contribution in [2.24, 2.45) is 5.92 Å². The molecule has 1 aliphatic rings. The summed E-state index contributed by atoms with van der Waals surface area (Å²) < 4.78 is 35.2. The summed E-state index contributed by atoms with van der Waals surface area (Å²) in [6.07, 6.45) is 6.18. The Labute approximate surface area is 209 Å². The second-order valence-electron chi connectivity index (χ2n) is 9.19. The van der Waals surface area contributed by atoms with E-state index in [1.807, 2.05) is 30.3 Å². The maximum Gasteiger partial charge on any atom is 0.321 e. The second-order valence-corrected chi connectivity index (χ2v) is 11.1. The van der Waals surface area contributed by atoms with Gasteiger partial charge in [-0.3, -0.25) is 9.59 Å². The van der Waals surface area contributed by atoms with E-state index < -0.39 is 32.8 Å². The number of para-hydroxylation sites is 1. The SMILES string of the molecule is CC(C)C[C@H](NS(=O)(=O)C1(NC(=O)c2cc3ccccc3o2)C=CC(c2ccccc2)C=C1)C(=O)O. The number of allylic oxidation sites excluding steroid dienone is 2. The van der Waals surface area contributed by atoms with Gasteiger partial charge in [-0.05, 0) is 42.2 Å². The van der Waals surface area contributed by atoms with Gasteiger partial charge in [0.05, 0.1) is 0 Å². The van der Waals surface area contributed by atoms with E-state index in [1.165, 1.54) is 18.2 Å². The summed E-state index contributed by atoms with van der Waals surface area (Å²) in [5, 5.41) is 12.9. The predicted molar refractivity (Wildman–Crippen MR) is 137 cm³/mol. The van der Waals surface area contributed by atoms with Crippen LogP contribution in [-0.4, -0.2) is 36.3 Å². The number of sulfonamides is 1. The van der Waals surface area contributed by atoms with E-state index in [0.717, 1.165) is 5.56 Å². The summed E-state index contributed by atoms with van der Waals surface area (Å²) in [6.45, 7) is 3.60. The molecule has 9 heteroatoms. The number of fused-ring (bicyclic) bond motifs is 1. The van der Waals surface area contributed by atoms with Crippen molar-refractivity contribution >= 4 is 32.9 Å². The summed E-state index contributed by atoms with van der Waals surface area (Å²) in [4.78, 5) is 23.0. The number of hydrogen-bond acceptors (Lipinski definition) is 5. The number of carbonyl (C=O) groups excluding carboxylic acids is 1. The standard InChI is InChI=1S/C27H28N2O6S/c1-18(2)16-22(26(31)32)29-36(33,34)27(14-12-20(13-15-27)19-8-4-3-5-9-19)28-25(30)24-17-21-10-6-7-11-23(21)35-24/h3-15,17-18,20,22,29H,16H2,1-2H3,(H,28,30)(H,31,32)/t20?,22-,27?/m0/s1. The van der Waals surface area contributed by atoms with Gasteiger partial charge in [-0.25, -0.2) is 8.42 Å². The molecule has 3 N–H and O–H groups in total. The molecule has 0 saturated heterocycles. The van der Waals surface area contributed by atoms with Gasteiger partial charge in [0.25, 0.3) is 5.91 Å². The van der Waals surface area contributed by atoms with Crippen LogP contribution >= 0.6 is 0 Å². The lowest BCUT2D eigenvalue weighted by Crippen LogP contribution is -2.59. The molecule has 0 radical (unpaired) electrons. The molecule has 1 heterocycles. The maximum absolute atomic E-state index is 13.7. The first-order valence-electron chi connectivity index (χ1n) is 11.6. The number of amides is 1. The Morgan fingerprint density at radius 3 is 2.28 bits per heavy atom. The lowest BCUT2D eigenvalue weighted by molar-refractivity contribution is -0.139. The summed E-state index contributed by atoms with van der Waals surface area (Å²) in [6, 6.07) is 16.7. The first-order valence-corrected chi connectivity index (χ1v) is 13.1. The minimum Gasteiger partial charge on any atom is -0.480 e. The molecule has 36 heavy (non-hydrogen) atoms. The molecule has 0 unspecified atom stereocenters. The number of carboxylic acids is 1. The smallest absolute Gasteiger partial charge is 0.321 e. The molecule has 0 aliphatic heterocycles. The number of nitrogens with one attached hydrogen (secondary N) is 2. The summed E-state index contributed by atoms with van der Waals surface area (Å²) in [5.74, 6) is -2.40. The molecule has 4 rings (SSSR count). The quantitative estimate of drug-likeness (QED) is 0.372. The topological polar surface area (TPSA) is 126 Å². The van der Waals surface area contributed by atoms with Crippen LogP contribution in [0.15, 0.2) is 89.4 Å². The van der Waals surface area contributed by atoms with E-state index in [1.54, 1.807) is 50.3 Å². The van der Waals surface area contributed by atoms with Gasteiger partial charge >= 0.3 is 5.97 Å². The number of carboxylic acid groups (broad SMARTS) is 1. The van der Waals surface area contributed by atoms with Crippen molar-refractivity contribution in [2.75, 3.05) is 0 Å². The molecule has 1 amide bonds. The molecule has 1 aliphatic carbocycles. The monoisotopic (exact) mass is 508 g/mol. The molecule has 8 nitrogen and oxygen atoms in total. The summed E-state index contributed by atoms with van der Waals surface area (Å²) >= 11 is 0. The van der Waals surface area contributed by atoms with Crippen molar-refractivity contribution < 1.29 is 27.5 Å². The zero-order chi connectivity index (χ0) is 25.9. The second kappa shape index (κ2) is 10.1. The largest absolute Gasteiger partial charge is 0.480 e. The average molecular weight is 509 g/mol. The highest BCUT2D eigenvalue weighted by atomic mass is 32.2. The summed E-state index contributed by atoms with van der Waals surface area (Å²) in [7, 11) is -4.45. The van der Waals surface area contributed by atoms with E-state index in [4.69, 9.17) is 4.42 Å². The van der Waals surface area contributed by atoms with Crippen LogP contribution < -0.4 is 10.0 Å². The molecule has 3 aromatic rings. The zero-order valence-electron chi connectivity index (χ0n) is 19.9. The van der Waals surface area contributed by atoms with Gasteiger partial charge in [-0.2, -0.15) is 4.72 Å². The highest BCUT2D eigenvalue weighted by Gasteiger charge is 2.45. The Morgan fingerprint density at radius 1 is 1.03 bits per heavy atom. The van der Waals surface area contributed by atoms with Gasteiger partial charge in [-0.1, -0.05) is 74.5 Å². The van der Waals surface area contributed by atoms with Crippen molar-refractivity contribution in [2.45, 2.75) is 37.1 Å². The normalized spacial score (nSPS) is 20.5. The summed E-state index contributed by atoms with van der Waals surface area (Å²) in [5.41, 5.74) is 1.43. The van der Waals surface area contributed by atoms with Crippen molar-refractivity contribution in [3.05, 3.63) is 96.3 Å². The first-order chi connectivity index (χ1) is 17.1. The first kappa shape index (κ1) is 25.4. The molecule has 2 aromatic carbocycles. The van der Waals surface area contributed by atoms with Gasteiger partial charge in [0.2, 0.25) is 10.0 Å². The molecular weight excluding hydrogens is 480 g/mol. The van der Waals surface area contributed by atoms with Crippen molar-refractivity contribution in [3.8, 4) is 0 Å². The van der Waals surface area contributed by atoms with Crippen LogP contribution in [0, 0.1) is 5.92 Å². The van der Waals surface area contributed by atoms with Crippen LogP contribution in [0.2, 0.25) is 0 Å². The Kier molecular flexibility index (Phi) is 7.14. The number of benzene rings is 2. The van der Waals surface area contributed by atoms with E-state index in [2.05, 4.69) is 10.0 Å². The van der Waals surface area contributed by atoms with Crippen molar-refractivity contribution in [1.82, 2.24) is 10.0 Å². The predicted octanol–water partition coefficient (Wildman–Crippen LogP) is 4.19. The Morgan fingerprint density at radius 2 is 1.67 bits per heavy atom. The van der Waals surface area contributed by atoms with Crippen LogP contribution in [0.25, 0.3) is 11.0 Å². The third kappa shape index (κ3) is 5.27. The molecule has 0 spiro atoms. The van der Waals surface area contributed by atoms with Gasteiger partial charge in [0.1, 0.15) is 11.6 Å². The van der Waals surface area contributed by atoms with Crippen molar-refractivity contribution in [3.63, 3.8) is 0 Å². The maximum atomic E-state index is 13.7. The van der Waals surface area contributed by atoms with Crippen LogP contribution in [0.4, 0.5) is 0 Å². The molecule has 1 atom stereocenters. The molecule has 0 fully saturated rings. The lowest BCUT2D eigenvalue weighted by Gasteiger charge is -2.33. The van der Waals surface area contributed by atoms with E-state index in [9.17, 15) is 23.1 Å². The Balaban J connectivity index is 1.70. The number of hydrogen-bond donors (Lipinski definition) is 3. The van der Waals surface area contributed by atoms with Gasteiger partial charge in [0, 0.05) is 11.3 Å². The van der Waals surface area contributed by atoms with Gasteiger partial charge < -0.3 is 14.8 Å². The fourth-order valence-corrected chi connectivity index (χ4v) is 5.64. The number of furan rings is 1. The minimum atomic E-state index is -4.45. The number of rotatable bonds is 9. The lowest BCUT2D eigenvalue weighted by atomic mass is 9.93. The third-order valence-corrected chi connectivity index (χ3v) is 7.85. The van der Waals surface area contributed by atoms with Crippen LogP contribution in [0.1, 0.15) is 42.3 Å². The average Bonchev–Trinajstić information content (AvgIpc) is 3.29. The van der Waals surface area contributed by atoms with Gasteiger partial charge in [0.15, 0.2) is 10.6 Å². The fourth-order valence-electron chi connectivity index (χ4n) is 4.13. The zero-order valence-corrected chi connectivity index (χ0v) is 20.7. The van der Waals surface area contributed by atoms with E-state index >= 15 is 0 Å². The Bertz CT molecular complexity index is 1380. The molecule has 1 aromatic heterocycles. The highest BCUT2D eigenvalue weighted by Crippen LogP contribution is 2.31. The third-order valence-electron chi connectivity index (χ3n) is 5.99. The molecule has 0 bridgehead atoms. The molecular formula is C27H28N2O6S. The molecule has 0 saturated carbocycles. The Hall–Kier alpha value is -3.69. The number of carbonyl (C=O) groups is 2. The van der Waals surface area contributed by atoms with E-state index in [0.29, 0.717) is 11.0 Å². The van der Waals surface area contributed by atoms with Gasteiger partial charge in [-0.15, -0.1) is 0 Å². The van der Waals surface area contributed by atoms with Crippen molar-refractivity contribution in [1.29, 1.82) is 0 Å². The fraction of sp³-hybridized carbons (Fsp3) is 0.259. The number of aliphatic carboxylic acids is 1. The molecule has 188 valence electrons. The van der Waals surface area contributed by atoms with Crippen LogP contribution in [0.3, 0.4) is 0 Å². The minimum absolute atomic E-state index is 0.0604. The van der Waals surface area contributed by atoms with E-state index in [-0.39, 0.29) is 24.0 Å². The van der Waals surface area contributed by atoms with Crippen LogP contribution in [0.5, 0.6) is 0 Å². The van der Waals surface area contributed by atoms with Crippen LogP contribution in [-0.2, 0) is 14.8 Å².